The molecule has 34 heavy (non-hydrogen) atoms. The van der Waals surface area contributed by atoms with Crippen molar-refractivity contribution < 1.29 is 39.0 Å². The van der Waals surface area contributed by atoms with Gasteiger partial charge in [0.05, 0.1) is 6.04 Å². The molecule has 0 aromatic heterocycles. The quantitative estimate of drug-likeness (QED) is 0.137. The van der Waals surface area contributed by atoms with E-state index in [2.05, 4.69) is 16.0 Å². The molecule has 5 unspecified atom stereocenters. The first-order valence-electron chi connectivity index (χ1n) is 11.1. The molecule has 0 aliphatic heterocycles. The van der Waals surface area contributed by atoms with Gasteiger partial charge in [0.2, 0.25) is 23.6 Å². The van der Waals surface area contributed by atoms with E-state index in [9.17, 15) is 33.9 Å². The maximum absolute atomic E-state index is 13.0. The van der Waals surface area contributed by atoms with E-state index in [0.29, 0.717) is 6.42 Å². The number of carboxylic acids is 2. The minimum absolute atomic E-state index is 0.118. The lowest BCUT2D eigenvalue weighted by Crippen LogP contribution is -2.59. The molecule has 0 saturated heterocycles. The van der Waals surface area contributed by atoms with E-state index in [1.807, 2.05) is 0 Å². The highest BCUT2D eigenvalue weighted by Crippen LogP contribution is 2.12. The molecular formula is C21H37N5O8. The second kappa shape index (κ2) is 14.8. The molecule has 0 aliphatic rings. The van der Waals surface area contributed by atoms with Crippen LogP contribution in [0.4, 0.5) is 0 Å². The number of carbonyl (C=O) groups excluding carboxylic acids is 4. The summed E-state index contributed by atoms with van der Waals surface area (Å²) >= 11 is 0. The molecule has 0 aromatic carbocycles. The van der Waals surface area contributed by atoms with E-state index in [0.717, 1.165) is 0 Å². The van der Waals surface area contributed by atoms with Crippen molar-refractivity contribution in [1.82, 2.24) is 16.0 Å². The van der Waals surface area contributed by atoms with Crippen LogP contribution in [0.1, 0.15) is 59.8 Å². The number of carbonyl (C=O) groups is 6. The van der Waals surface area contributed by atoms with Gasteiger partial charge in [-0.2, -0.15) is 0 Å². The van der Waals surface area contributed by atoms with Gasteiger partial charge in [0.15, 0.2) is 0 Å². The minimum Gasteiger partial charge on any atom is -0.481 e. The van der Waals surface area contributed by atoms with Crippen LogP contribution in [0.15, 0.2) is 0 Å². The average molecular weight is 488 g/mol. The van der Waals surface area contributed by atoms with Crippen LogP contribution in [-0.2, 0) is 28.8 Å². The number of nitrogens with two attached hydrogens (primary N) is 2. The number of carboxylic acid groups (broad SMARTS) is 2. The molecular weight excluding hydrogens is 450 g/mol. The fourth-order valence-corrected chi connectivity index (χ4v) is 2.96. The zero-order valence-corrected chi connectivity index (χ0v) is 20.0. The zero-order chi connectivity index (χ0) is 26.6. The molecule has 0 fully saturated rings. The molecule has 13 nitrogen and oxygen atoms in total. The predicted octanol–water partition coefficient (Wildman–Crippen LogP) is -1.31. The van der Waals surface area contributed by atoms with Gasteiger partial charge in [-0.25, -0.2) is 4.79 Å². The van der Waals surface area contributed by atoms with E-state index in [4.69, 9.17) is 16.6 Å². The van der Waals surface area contributed by atoms with Crippen molar-refractivity contribution in [3.63, 3.8) is 0 Å². The van der Waals surface area contributed by atoms with E-state index < -0.39 is 71.6 Å². The standard InChI is InChI=1S/C21H37N5O8/c1-5-11(4)17(20(32)24-13(21(33)34)7-8-14(23)27)26-19(31)16(10(2)3)25-18(30)12(22)6-9-15(28)29/h10-13,16-17H,5-9,22H2,1-4H3,(H2,23,27)(H,24,32)(H,25,30)(H,26,31)(H,28,29)(H,33,34). The van der Waals surface area contributed by atoms with Gasteiger partial charge in [0, 0.05) is 12.8 Å². The molecule has 0 bridgehead atoms. The Balaban J connectivity index is 5.46. The second-order valence-electron chi connectivity index (χ2n) is 8.55. The average Bonchev–Trinajstić information content (AvgIpc) is 2.74. The molecule has 0 aliphatic carbocycles. The maximum Gasteiger partial charge on any atom is 0.326 e. The molecule has 4 amide bonds. The smallest absolute Gasteiger partial charge is 0.326 e. The van der Waals surface area contributed by atoms with Crippen molar-refractivity contribution in [2.24, 2.45) is 23.3 Å². The molecule has 0 radical (unpaired) electrons. The van der Waals surface area contributed by atoms with E-state index >= 15 is 0 Å². The zero-order valence-electron chi connectivity index (χ0n) is 20.0. The lowest BCUT2D eigenvalue weighted by Gasteiger charge is -2.29. The fraction of sp³-hybridized carbons (Fsp3) is 0.714. The van der Waals surface area contributed by atoms with Gasteiger partial charge >= 0.3 is 11.9 Å². The van der Waals surface area contributed by atoms with E-state index in [-0.39, 0.29) is 25.7 Å². The van der Waals surface area contributed by atoms with Crippen molar-refractivity contribution >= 4 is 35.6 Å². The van der Waals surface area contributed by atoms with Crippen molar-refractivity contribution in [1.29, 1.82) is 0 Å². The molecule has 0 spiro atoms. The largest absolute Gasteiger partial charge is 0.481 e. The van der Waals surface area contributed by atoms with Crippen LogP contribution in [0.3, 0.4) is 0 Å². The van der Waals surface area contributed by atoms with E-state index in [1.54, 1.807) is 27.7 Å². The number of hydrogen-bond acceptors (Lipinski definition) is 7. The van der Waals surface area contributed by atoms with Gasteiger partial charge in [0.25, 0.3) is 0 Å². The van der Waals surface area contributed by atoms with Crippen LogP contribution in [0.5, 0.6) is 0 Å². The van der Waals surface area contributed by atoms with Crippen molar-refractivity contribution in [2.75, 3.05) is 0 Å². The first kappa shape index (κ1) is 30.8. The Kier molecular flexibility index (Phi) is 13.4. The maximum atomic E-state index is 13.0. The van der Waals surface area contributed by atoms with Gasteiger partial charge in [-0.05, 0) is 24.7 Å². The molecule has 194 valence electrons. The summed E-state index contributed by atoms with van der Waals surface area (Å²) < 4.78 is 0. The number of amides is 4. The molecule has 0 rings (SSSR count). The van der Waals surface area contributed by atoms with Crippen LogP contribution < -0.4 is 27.4 Å². The van der Waals surface area contributed by atoms with Crippen LogP contribution in [0, 0.1) is 11.8 Å². The molecule has 9 N–H and O–H groups in total. The lowest BCUT2D eigenvalue weighted by molar-refractivity contribution is -0.143. The Morgan fingerprint density at radius 2 is 1.32 bits per heavy atom. The first-order chi connectivity index (χ1) is 15.7. The third-order valence-electron chi connectivity index (χ3n) is 5.34. The Morgan fingerprint density at radius 1 is 0.794 bits per heavy atom. The van der Waals surface area contributed by atoms with Gasteiger partial charge in [-0.15, -0.1) is 0 Å². The molecule has 0 saturated carbocycles. The fourth-order valence-electron chi connectivity index (χ4n) is 2.96. The van der Waals surface area contributed by atoms with Crippen LogP contribution in [0.25, 0.3) is 0 Å². The Bertz CT molecular complexity index is 757. The highest BCUT2D eigenvalue weighted by molar-refractivity contribution is 5.94. The highest BCUT2D eigenvalue weighted by Gasteiger charge is 2.33. The normalized spacial score (nSPS) is 15.4. The van der Waals surface area contributed by atoms with Gasteiger partial charge in [-0.3, -0.25) is 24.0 Å². The Labute approximate surface area is 198 Å². The topological polar surface area (TPSA) is 231 Å². The number of nitrogens with one attached hydrogen (secondary N) is 3. The van der Waals surface area contributed by atoms with Crippen molar-refractivity contribution in [3.8, 4) is 0 Å². The Hall–Kier alpha value is -3.22. The lowest BCUT2D eigenvalue weighted by atomic mass is 9.95. The van der Waals surface area contributed by atoms with Gasteiger partial charge in [0.1, 0.15) is 18.1 Å². The summed E-state index contributed by atoms with van der Waals surface area (Å²) in [5, 5.41) is 25.4. The number of hydrogen-bond donors (Lipinski definition) is 7. The summed E-state index contributed by atoms with van der Waals surface area (Å²) in [6.07, 6.45) is -0.425. The minimum atomic E-state index is -1.38. The van der Waals surface area contributed by atoms with Crippen molar-refractivity contribution in [2.45, 2.75) is 84.0 Å². The molecule has 0 aromatic rings. The molecule has 0 heterocycles. The van der Waals surface area contributed by atoms with Gasteiger partial charge in [-0.1, -0.05) is 34.1 Å². The summed E-state index contributed by atoms with van der Waals surface area (Å²) in [7, 11) is 0. The SMILES string of the molecule is CCC(C)C(NC(=O)C(NC(=O)C(N)CCC(=O)O)C(C)C)C(=O)NC(CCC(N)=O)C(=O)O. The summed E-state index contributed by atoms with van der Waals surface area (Å²) in [6, 6.07) is -4.71. The molecule has 5 atom stereocenters. The second-order valence-corrected chi connectivity index (χ2v) is 8.55. The molecule has 13 heteroatoms. The predicted molar refractivity (Wildman–Crippen MR) is 121 cm³/mol. The summed E-state index contributed by atoms with van der Waals surface area (Å²) in [6.45, 7) is 6.79. The van der Waals surface area contributed by atoms with Crippen LogP contribution in [-0.4, -0.2) is 69.9 Å². The summed E-state index contributed by atoms with van der Waals surface area (Å²) in [4.78, 5) is 71.3. The van der Waals surface area contributed by atoms with Gasteiger partial charge < -0.3 is 37.6 Å². The van der Waals surface area contributed by atoms with E-state index in [1.165, 1.54) is 0 Å². The third kappa shape index (κ3) is 11.1. The number of primary amides is 1. The summed E-state index contributed by atoms with van der Waals surface area (Å²) in [5.74, 6) is -6.13. The third-order valence-corrected chi connectivity index (χ3v) is 5.34. The Morgan fingerprint density at radius 3 is 1.76 bits per heavy atom. The van der Waals surface area contributed by atoms with Crippen LogP contribution >= 0.6 is 0 Å². The number of aliphatic carboxylic acids is 2. The van der Waals surface area contributed by atoms with Crippen LogP contribution in [0.2, 0.25) is 0 Å². The monoisotopic (exact) mass is 487 g/mol. The van der Waals surface area contributed by atoms with Crippen molar-refractivity contribution in [3.05, 3.63) is 0 Å². The number of rotatable bonds is 16. The first-order valence-corrected chi connectivity index (χ1v) is 11.1. The summed E-state index contributed by atoms with van der Waals surface area (Å²) in [5.41, 5.74) is 10.8. The highest BCUT2D eigenvalue weighted by atomic mass is 16.4.